The maximum atomic E-state index is 13.7. The second-order valence-electron chi connectivity index (χ2n) is 11.6. The lowest BCUT2D eigenvalue weighted by molar-refractivity contribution is -0.131. The molecule has 0 aromatic heterocycles. The number of anilines is 1. The Balaban J connectivity index is 1.38. The van der Waals surface area contributed by atoms with Crippen LogP contribution in [-0.2, 0) is 27.7 Å². The molecule has 1 aliphatic rings. The van der Waals surface area contributed by atoms with Crippen LogP contribution < -0.4 is 14.2 Å². The third kappa shape index (κ3) is 7.02. The van der Waals surface area contributed by atoms with Gasteiger partial charge in [0.05, 0.1) is 26.7 Å². The number of nitrogens with zero attached hydrogens (tertiary/aromatic N) is 2. The molecule has 1 N–H and O–H groups in total. The minimum Gasteiger partial charge on any atom is -0.497 e. The van der Waals surface area contributed by atoms with E-state index in [-0.39, 0.29) is 34.9 Å². The number of ether oxygens (including phenoxy) is 2. The molecule has 9 nitrogen and oxygen atoms in total. The number of methoxy groups -OCH3 is 2. The molecule has 1 unspecified atom stereocenters. The molecule has 5 rings (SSSR count). The van der Waals surface area contributed by atoms with Gasteiger partial charge in [-0.25, -0.2) is 8.42 Å². The third-order valence-electron chi connectivity index (χ3n) is 8.33. The molecule has 0 aliphatic heterocycles. The third-order valence-corrected chi connectivity index (χ3v) is 9.75. The number of rotatable bonds is 10. The number of benzene rings is 4. The Labute approximate surface area is 270 Å². The molecular formula is C36H39N3O6S. The summed E-state index contributed by atoms with van der Waals surface area (Å²) in [5, 5.41) is 0. The van der Waals surface area contributed by atoms with Crippen LogP contribution in [0.2, 0.25) is 0 Å². The van der Waals surface area contributed by atoms with Crippen molar-refractivity contribution in [3.05, 3.63) is 107 Å². The van der Waals surface area contributed by atoms with Crippen LogP contribution in [0.5, 0.6) is 11.5 Å². The summed E-state index contributed by atoms with van der Waals surface area (Å²) in [6.07, 6.45) is 2.79. The molecule has 46 heavy (non-hydrogen) atoms. The smallest absolute Gasteiger partial charge is 0.265 e. The minimum absolute atomic E-state index is 0.0147. The van der Waals surface area contributed by atoms with Gasteiger partial charge in [0.15, 0.2) is 0 Å². The Hall–Kier alpha value is -4.83. The topological polar surface area (TPSA) is 105 Å². The molecule has 0 bridgehead atoms. The first-order chi connectivity index (χ1) is 22.0. The second kappa shape index (κ2) is 13.7. The Morgan fingerprint density at radius 2 is 1.63 bits per heavy atom. The SMILES string of the molecule is COc1cccc(CC(=O)N(C)C2CCCc3ccc(NS(=O)(=O)c4ccc(-c5cccc(C(=O)N(C)C)c5)cc4OC)cc32)c1. The first-order valence-corrected chi connectivity index (χ1v) is 16.5. The number of carbonyl (C=O) groups excluding carboxylic acids is 2. The highest BCUT2D eigenvalue weighted by molar-refractivity contribution is 7.92. The second-order valence-corrected chi connectivity index (χ2v) is 13.3. The van der Waals surface area contributed by atoms with Crippen molar-refractivity contribution in [1.29, 1.82) is 0 Å². The summed E-state index contributed by atoms with van der Waals surface area (Å²) < 4.78 is 40.9. The van der Waals surface area contributed by atoms with Gasteiger partial charge in [0.25, 0.3) is 15.9 Å². The maximum absolute atomic E-state index is 13.7. The van der Waals surface area contributed by atoms with E-state index in [2.05, 4.69) is 4.72 Å². The monoisotopic (exact) mass is 641 g/mol. The van der Waals surface area contributed by atoms with Gasteiger partial charge in [-0.15, -0.1) is 0 Å². The van der Waals surface area contributed by atoms with E-state index < -0.39 is 10.0 Å². The van der Waals surface area contributed by atoms with E-state index in [4.69, 9.17) is 9.47 Å². The predicted octanol–water partition coefficient (Wildman–Crippen LogP) is 5.95. The summed E-state index contributed by atoms with van der Waals surface area (Å²) in [7, 11) is 4.16. The fourth-order valence-corrected chi connectivity index (χ4v) is 7.07. The minimum atomic E-state index is -4.04. The van der Waals surface area contributed by atoms with Crippen molar-refractivity contribution in [3.8, 4) is 22.6 Å². The van der Waals surface area contributed by atoms with Crippen molar-refractivity contribution in [3.63, 3.8) is 0 Å². The number of fused-ring (bicyclic) bond motifs is 1. The van der Waals surface area contributed by atoms with Gasteiger partial charge in [-0.2, -0.15) is 0 Å². The Morgan fingerprint density at radius 3 is 2.37 bits per heavy atom. The number of carbonyl (C=O) groups is 2. The van der Waals surface area contributed by atoms with Crippen LogP contribution in [0.3, 0.4) is 0 Å². The van der Waals surface area contributed by atoms with Gasteiger partial charge in [0.1, 0.15) is 16.4 Å². The fourth-order valence-electron chi connectivity index (χ4n) is 5.86. The molecule has 0 saturated carbocycles. The first-order valence-electron chi connectivity index (χ1n) is 15.0. The number of amides is 2. The molecule has 0 heterocycles. The van der Waals surface area contributed by atoms with Crippen molar-refractivity contribution in [2.45, 2.75) is 36.6 Å². The summed E-state index contributed by atoms with van der Waals surface area (Å²) in [6.45, 7) is 0. The zero-order valence-corrected chi connectivity index (χ0v) is 27.6. The standard InChI is InChI=1S/C36H39N3O6S/c1-38(2)36(41)28-12-7-11-26(21-28)27-16-18-34(33(22-27)45-5)46(42,43)37-29-17-15-25-10-8-14-32(31(25)23-29)39(3)35(40)20-24-9-6-13-30(19-24)44-4/h6-7,9,11-13,15-19,21-23,32,37H,8,10,14,20H2,1-5H3. The predicted molar refractivity (Wildman–Crippen MR) is 179 cm³/mol. The Bertz CT molecular complexity index is 1870. The van der Waals surface area contributed by atoms with Gasteiger partial charge >= 0.3 is 0 Å². The molecule has 0 saturated heterocycles. The summed E-state index contributed by atoms with van der Waals surface area (Å²) >= 11 is 0. The number of hydrogen-bond acceptors (Lipinski definition) is 6. The van der Waals surface area contributed by atoms with Gasteiger partial charge in [-0.1, -0.05) is 36.4 Å². The van der Waals surface area contributed by atoms with E-state index in [9.17, 15) is 18.0 Å². The van der Waals surface area contributed by atoms with Crippen LogP contribution in [0.1, 0.15) is 45.9 Å². The molecule has 4 aromatic rings. The molecule has 240 valence electrons. The van der Waals surface area contributed by atoms with Crippen LogP contribution in [0.25, 0.3) is 11.1 Å². The zero-order chi connectivity index (χ0) is 33.0. The summed E-state index contributed by atoms with van der Waals surface area (Å²) in [5.74, 6) is 0.716. The quantitative estimate of drug-likeness (QED) is 0.230. The Kier molecular flexibility index (Phi) is 9.67. The van der Waals surface area contributed by atoms with Crippen molar-refractivity contribution in [1.82, 2.24) is 9.80 Å². The molecule has 2 amide bonds. The van der Waals surface area contributed by atoms with Crippen molar-refractivity contribution < 1.29 is 27.5 Å². The van der Waals surface area contributed by atoms with Gasteiger partial charge in [-0.05, 0) is 95.6 Å². The van der Waals surface area contributed by atoms with Crippen LogP contribution >= 0.6 is 0 Å². The van der Waals surface area contributed by atoms with E-state index in [1.807, 2.05) is 42.5 Å². The number of sulfonamides is 1. The van der Waals surface area contributed by atoms with Crippen molar-refractivity contribution in [2.75, 3.05) is 40.1 Å². The average molecular weight is 642 g/mol. The zero-order valence-electron chi connectivity index (χ0n) is 26.7. The van der Waals surface area contributed by atoms with E-state index in [1.54, 1.807) is 69.6 Å². The fraction of sp³-hybridized carbons (Fsp3) is 0.278. The molecule has 1 aliphatic carbocycles. The lowest BCUT2D eigenvalue weighted by atomic mass is 9.86. The highest BCUT2D eigenvalue weighted by atomic mass is 32.2. The molecule has 0 fully saturated rings. The van der Waals surface area contributed by atoms with Crippen molar-refractivity contribution >= 4 is 27.5 Å². The van der Waals surface area contributed by atoms with Crippen LogP contribution in [0, 0.1) is 0 Å². The molecular weight excluding hydrogens is 602 g/mol. The lowest BCUT2D eigenvalue weighted by Crippen LogP contribution is -2.34. The van der Waals surface area contributed by atoms with Crippen LogP contribution in [0.15, 0.2) is 89.8 Å². The van der Waals surface area contributed by atoms with Gasteiger partial charge in [0.2, 0.25) is 5.91 Å². The molecule has 0 radical (unpaired) electrons. The largest absolute Gasteiger partial charge is 0.497 e. The molecule has 1 atom stereocenters. The first kappa shape index (κ1) is 32.6. The van der Waals surface area contributed by atoms with E-state index in [0.29, 0.717) is 22.6 Å². The van der Waals surface area contributed by atoms with Gasteiger partial charge in [0, 0.05) is 32.4 Å². The molecule has 0 spiro atoms. The molecule has 4 aromatic carbocycles. The number of hydrogen-bond donors (Lipinski definition) is 1. The Morgan fingerprint density at radius 1 is 0.870 bits per heavy atom. The summed E-state index contributed by atoms with van der Waals surface area (Å²) in [5.41, 5.74) is 5.29. The van der Waals surface area contributed by atoms with E-state index >= 15 is 0 Å². The van der Waals surface area contributed by atoms with E-state index in [1.165, 1.54) is 18.1 Å². The summed E-state index contributed by atoms with van der Waals surface area (Å²) in [4.78, 5) is 29.1. The van der Waals surface area contributed by atoms with Crippen molar-refractivity contribution in [2.24, 2.45) is 0 Å². The number of likely N-dealkylation sites (N-methyl/N-ethyl adjacent to an activating group) is 1. The van der Waals surface area contributed by atoms with Crippen LogP contribution in [0.4, 0.5) is 5.69 Å². The normalized spacial score (nSPS) is 14.2. The average Bonchev–Trinajstić information content (AvgIpc) is 3.06. The molecule has 10 heteroatoms. The van der Waals surface area contributed by atoms with Gasteiger partial charge in [-0.3, -0.25) is 14.3 Å². The van der Waals surface area contributed by atoms with Crippen LogP contribution in [-0.4, -0.2) is 65.4 Å². The number of aryl methyl sites for hydroxylation is 1. The summed E-state index contributed by atoms with van der Waals surface area (Å²) in [6, 6.07) is 24.8. The highest BCUT2D eigenvalue weighted by Gasteiger charge is 2.28. The van der Waals surface area contributed by atoms with E-state index in [0.717, 1.165) is 41.5 Å². The van der Waals surface area contributed by atoms with Gasteiger partial charge < -0.3 is 19.3 Å². The highest BCUT2D eigenvalue weighted by Crippen LogP contribution is 2.37. The maximum Gasteiger partial charge on any atom is 0.265 e. The number of nitrogens with one attached hydrogen (secondary N) is 1. The lowest BCUT2D eigenvalue weighted by Gasteiger charge is -2.34.